The number of hydrogen-bond acceptors (Lipinski definition) is 4. The Morgan fingerprint density at radius 2 is 2.41 bits per heavy atom. The first kappa shape index (κ1) is 12.4. The normalized spacial score (nSPS) is 24.8. The van der Waals surface area contributed by atoms with Gasteiger partial charge in [-0.25, -0.2) is 0 Å². The van der Waals surface area contributed by atoms with Crippen LogP contribution in [0.5, 0.6) is 5.75 Å². The molecule has 0 unspecified atom stereocenters. The van der Waals surface area contributed by atoms with Crippen LogP contribution in [0.4, 0.5) is 0 Å². The molecule has 1 amide bonds. The predicted molar refractivity (Wildman–Crippen MR) is 68.6 cm³/mol. The molecule has 1 saturated heterocycles. The van der Waals surface area contributed by atoms with Crippen LogP contribution in [-0.4, -0.2) is 36.5 Å². The van der Waals surface area contributed by atoms with Gasteiger partial charge in [-0.2, -0.15) is 0 Å². The largest absolute Gasteiger partial charge is 0.496 e. The molecule has 2 rings (SSSR count). The standard InChI is InChI=1S/C12H18N2O2S/c1-8-5-9(13)3-4-14(8)12(15)11-6-10(16-2)7-17-11/h6-9H,3-5,13H2,1-2H3/t8-,9+/m1/s1. The number of hydrogen-bond donors (Lipinski definition) is 1. The van der Waals surface area contributed by atoms with Gasteiger partial charge in [-0.3, -0.25) is 4.79 Å². The van der Waals surface area contributed by atoms with Crippen molar-refractivity contribution in [3.63, 3.8) is 0 Å². The Hall–Kier alpha value is -1.07. The molecule has 17 heavy (non-hydrogen) atoms. The van der Waals surface area contributed by atoms with Gasteiger partial charge < -0.3 is 15.4 Å². The Balaban J connectivity index is 2.09. The molecule has 1 aliphatic heterocycles. The summed E-state index contributed by atoms with van der Waals surface area (Å²) in [6.07, 6.45) is 1.77. The Labute approximate surface area is 105 Å². The zero-order valence-electron chi connectivity index (χ0n) is 10.2. The van der Waals surface area contributed by atoms with Gasteiger partial charge in [0, 0.05) is 30.1 Å². The maximum atomic E-state index is 12.3. The summed E-state index contributed by atoms with van der Waals surface area (Å²) in [6, 6.07) is 2.25. The second-order valence-electron chi connectivity index (χ2n) is 4.48. The molecule has 4 nitrogen and oxygen atoms in total. The highest BCUT2D eigenvalue weighted by Gasteiger charge is 2.28. The van der Waals surface area contributed by atoms with Crippen molar-refractivity contribution in [3.05, 3.63) is 16.3 Å². The van der Waals surface area contributed by atoms with Crippen LogP contribution in [0.1, 0.15) is 29.4 Å². The van der Waals surface area contributed by atoms with Crippen LogP contribution < -0.4 is 10.5 Å². The van der Waals surface area contributed by atoms with Gasteiger partial charge in [0.25, 0.3) is 5.91 Å². The zero-order chi connectivity index (χ0) is 12.4. The van der Waals surface area contributed by atoms with Gasteiger partial charge in [0.2, 0.25) is 0 Å². The third kappa shape index (κ3) is 2.61. The first-order chi connectivity index (χ1) is 8.11. The van der Waals surface area contributed by atoms with Crippen molar-refractivity contribution in [1.29, 1.82) is 0 Å². The van der Waals surface area contributed by atoms with E-state index in [0.717, 1.165) is 30.0 Å². The van der Waals surface area contributed by atoms with E-state index in [1.165, 1.54) is 11.3 Å². The van der Waals surface area contributed by atoms with Crippen molar-refractivity contribution in [2.75, 3.05) is 13.7 Å². The lowest BCUT2D eigenvalue weighted by Crippen LogP contribution is -2.48. The number of likely N-dealkylation sites (tertiary alicyclic amines) is 1. The highest BCUT2D eigenvalue weighted by atomic mass is 32.1. The van der Waals surface area contributed by atoms with Crippen molar-refractivity contribution < 1.29 is 9.53 Å². The first-order valence-electron chi connectivity index (χ1n) is 5.81. The van der Waals surface area contributed by atoms with Crippen molar-refractivity contribution in [3.8, 4) is 5.75 Å². The highest BCUT2D eigenvalue weighted by molar-refractivity contribution is 7.12. The van der Waals surface area contributed by atoms with E-state index >= 15 is 0 Å². The summed E-state index contributed by atoms with van der Waals surface area (Å²) in [5, 5.41) is 1.85. The van der Waals surface area contributed by atoms with Gasteiger partial charge in [-0.1, -0.05) is 0 Å². The van der Waals surface area contributed by atoms with E-state index in [2.05, 4.69) is 6.92 Å². The van der Waals surface area contributed by atoms with Crippen molar-refractivity contribution in [2.45, 2.75) is 31.8 Å². The summed E-state index contributed by atoms with van der Waals surface area (Å²) in [6.45, 7) is 2.81. The summed E-state index contributed by atoms with van der Waals surface area (Å²) >= 11 is 1.43. The Morgan fingerprint density at radius 1 is 1.65 bits per heavy atom. The fraction of sp³-hybridized carbons (Fsp3) is 0.583. The molecule has 1 aliphatic rings. The molecule has 5 heteroatoms. The number of methoxy groups -OCH3 is 1. The molecule has 0 spiro atoms. The SMILES string of the molecule is COc1csc(C(=O)N2CC[C@H](N)C[C@H]2C)c1. The second kappa shape index (κ2) is 5.06. The number of rotatable bonds is 2. The van der Waals surface area contributed by atoms with Crippen molar-refractivity contribution in [1.82, 2.24) is 4.90 Å². The lowest BCUT2D eigenvalue weighted by atomic mass is 9.99. The molecule has 1 aromatic rings. The average molecular weight is 254 g/mol. The molecular weight excluding hydrogens is 236 g/mol. The third-order valence-corrected chi connectivity index (χ3v) is 4.10. The monoisotopic (exact) mass is 254 g/mol. The molecular formula is C12H18N2O2S. The van der Waals surface area contributed by atoms with Crippen LogP contribution in [0.2, 0.25) is 0 Å². The lowest BCUT2D eigenvalue weighted by molar-refractivity contribution is 0.0624. The minimum absolute atomic E-state index is 0.0951. The fourth-order valence-electron chi connectivity index (χ4n) is 2.19. The van der Waals surface area contributed by atoms with Gasteiger partial charge in [-0.05, 0) is 19.8 Å². The van der Waals surface area contributed by atoms with Gasteiger partial charge in [-0.15, -0.1) is 11.3 Å². The summed E-state index contributed by atoms with van der Waals surface area (Å²) in [5.74, 6) is 0.845. The topological polar surface area (TPSA) is 55.6 Å². The number of nitrogens with two attached hydrogens (primary N) is 1. The molecule has 0 bridgehead atoms. The quantitative estimate of drug-likeness (QED) is 0.874. The Morgan fingerprint density at radius 3 is 3.00 bits per heavy atom. The number of carbonyl (C=O) groups is 1. The number of piperidine rings is 1. The molecule has 0 radical (unpaired) electrons. The average Bonchev–Trinajstić information content (AvgIpc) is 2.76. The van der Waals surface area contributed by atoms with Crippen LogP contribution >= 0.6 is 11.3 Å². The van der Waals surface area contributed by atoms with Crippen molar-refractivity contribution >= 4 is 17.2 Å². The second-order valence-corrected chi connectivity index (χ2v) is 5.39. The van der Waals surface area contributed by atoms with E-state index in [9.17, 15) is 4.79 Å². The van der Waals surface area contributed by atoms with E-state index < -0.39 is 0 Å². The lowest BCUT2D eigenvalue weighted by Gasteiger charge is -2.36. The summed E-state index contributed by atoms with van der Waals surface area (Å²) < 4.78 is 5.10. The smallest absolute Gasteiger partial charge is 0.264 e. The van der Waals surface area contributed by atoms with Crippen LogP contribution in [0, 0.1) is 0 Å². The highest BCUT2D eigenvalue weighted by Crippen LogP contribution is 2.25. The Kier molecular flexibility index (Phi) is 3.69. The molecule has 1 aromatic heterocycles. The summed E-state index contributed by atoms with van der Waals surface area (Å²) in [7, 11) is 1.61. The molecule has 0 saturated carbocycles. The van der Waals surface area contributed by atoms with Crippen LogP contribution in [0.25, 0.3) is 0 Å². The maximum absolute atomic E-state index is 12.3. The van der Waals surface area contributed by atoms with Gasteiger partial charge in [0.05, 0.1) is 12.0 Å². The first-order valence-corrected chi connectivity index (χ1v) is 6.69. The van der Waals surface area contributed by atoms with Gasteiger partial charge in [0.1, 0.15) is 5.75 Å². The van der Waals surface area contributed by atoms with E-state index in [4.69, 9.17) is 10.5 Å². The number of amides is 1. The Bertz CT molecular complexity index is 405. The third-order valence-electron chi connectivity index (χ3n) is 3.20. The van der Waals surface area contributed by atoms with E-state index in [1.807, 2.05) is 10.3 Å². The molecule has 2 N–H and O–H groups in total. The minimum Gasteiger partial charge on any atom is -0.496 e. The maximum Gasteiger partial charge on any atom is 0.264 e. The molecule has 2 heterocycles. The molecule has 0 aliphatic carbocycles. The van der Waals surface area contributed by atoms with Gasteiger partial charge in [0.15, 0.2) is 0 Å². The minimum atomic E-state index is 0.0951. The van der Waals surface area contributed by atoms with Crippen LogP contribution in [0.3, 0.4) is 0 Å². The van der Waals surface area contributed by atoms with Crippen LogP contribution in [-0.2, 0) is 0 Å². The van der Waals surface area contributed by atoms with E-state index in [-0.39, 0.29) is 18.0 Å². The molecule has 94 valence electrons. The summed E-state index contributed by atoms with van der Waals surface area (Å²) in [4.78, 5) is 14.9. The van der Waals surface area contributed by atoms with E-state index in [0.29, 0.717) is 0 Å². The zero-order valence-corrected chi connectivity index (χ0v) is 11.0. The fourth-order valence-corrected chi connectivity index (χ4v) is 3.00. The summed E-state index contributed by atoms with van der Waals surface area (Å²) in [5.41, 5.74) is 5.90. The molecule has 1 fully saturated rings. The van der Waals surface area contributed by atoms with Crippen molar-refractivity contribution in [2.24, 2.45) is 5.73 Å². The molecule has 0 aromatic carbocycles. The molecule has 2 atom stereocenters. The van der Waals surface area contributed by atoms with Gasteiger partial charge >= 0.3 is 0 Å². The van der Waals surface area contributed by atoms with Crippen LogP contribution in [0.15, 0.2) is 11.4 Å². The van der Waals surface area contributed by atoms with E-state index in [1.54, 1.807) is 13.2 Å². The number of nitrogens with zero attached hydrogens (tertiary/aromatic N) is 1. The number of carbonyl (C=O) groups excluding carboxylic acids is 1. The number of ether oxygens (including phenoxy) is 1. The number of thiophene rings is 1. The predicted octanol–water partition coefficient (Wildman–Crippen LogP) is 1.71.